The summed E-state index contributed by atoms with van der Waals surface area (Å²) in [6, 6.07) is 0.463. The molecule has 3 N–H and O–H groups in total. The Labute approximate surface area is 91.2 Å². The molecule has 2 fully saturated rings. The number of carbonyl (C=O) groups excluding carboxylic acids is 1. The van der Waals surface area contributed by atoms with Gasteiger partial charge in [0.15, 0.2) is 0 Å². The van der Waals surface area contributed by atoms with Crippen LogP contribution in [-0.2, 0) is 4.79 Å². The number of likely N-dealkylation sites (tertiary alicyclic amines) is 1. The second-order valence-corrected chi connectivity index (χ2v) is 4.64. The molecule has 1 saturated heterocycles. The van der Waals surface area contributed by atoms with Gasteiger partial charge in [0.25, 0.3) is 0 Å². The number of rotatable bonds is 4. The van der Waals surface area contributed by atoms with Crippen LogP contribution >= 0.6 is 0 Å². The number of nitrogens with zero attached hydrogens (tertiary/aromatic N) is 1. The second-order valence-electron chi connectivity index (χ2n) is 4.64. The minimum atomic E-state index is 0.359. The van der Waals surface area contributed by atoms with Gasteiger partial charge in [0.1, 0.15) is 0 Å². The van der Waals surface area contributed by atoms with E-state index in [4.69, 9.17) is 5.73 Å². The van der Waals surface area contributed by atoms with Gasteiger partial charge in [0.2, 0.25) is 5.91 Å². The van der Waals surface area contributed by atoms with Gasteiger partial charge in [-0.2, -0.15) is 0 Å². The van der Waals surface area contributed by atoms with Crippen LogP contribution in [0, 0.1) is 5.92 Å². The zero-order valence-electron chi connectivity index (χ0n) is 9.24. The second kappa shape index (κ2) is 4.94. The molecule has 15 heavy (non-hydrogen) atoms. The summed E-state index contributed by atoms with van der Waals surface area (Å²) in [5.41, 5.74) is 5.46. The van der Waals surface area contributed by atoms with E-state index >= 15 is 0 Å². The lowest BCUT2D eigenvalue weighted by Gasteiger charge is -2.33. The van der Waals surface area contributed by atoms with Gasteiger partial charge in [-0.15, -0.1) is 0 Å². The van der Waals surface area contributed by atoms with E-state index in [1.165, 1.54) is 6.42 Å². The van der Waals surface area contributed by atoms with E-state index in [0.717, 1.165) is 38.9 Å². The highest BCUT2D eigenvalue weighted by Gasteiger charge is 2.35. The predicted molar refractivity (Wildman–Crippen MR) is 59.4 cm³/mol. The summed E-state index contributed by atoms with van der Waals surface area (Å²) in [7, 11) is 0. The van der Waals surface area contributed by atoms with Crippen LogP contribution in [0.15, 0.2) is 0 Å². The van der Waals surface area contributed by atoms with Gasteiger partial charge in [-0.1, -0.05) is 0 Å². The summed E-state index contributed by atoms with van der Waals surface area (Å²) >= 11 is 0. The fraction of sp³-hybridized carbons (Fsp3) is 0.909. The first kappa shape index (κ1) is 10.9. The molecule has 0 radical (unpaired) electrons. The third kappa shape index (κ3) is 2.92. The molecule has 2 aliphatic rings. The lowest BCUT2D eigenvalue weighted by atomic mass is 10.1. The molecular formula is C11H21N3O. The van der Waals surface area contributed by atoms with Gasteiger partial charge in [-0.3, -0.25) is 4.79 Å². The Morgan fingerprint density at radius 2 is 2.20 bits per heavy atom. The Balaban J connectivity index is 1.78. The van der Waals surface area contributed by atoms with E-state index in [0.29, 0.717) is 24.4 Å². The van der Waals surface area contributed by atoms with Crippen LogP contribution in [0.4, 0.5) is 0 Å². The molecule has 1 unspecified atom stereocenters. The maximum atomic E-state index is 11.9. The number of piperidine rings is 1. The van der Waals surface area contributed by atoms with Gasteiger partial charge in [-0.25, -0.2) is 0 Å². The number of nitrogens with one attached hydrogen (secondary N) is 1. The van der Waals surface area contributed by atoms with Crippen LogP contribution in [0.1, 0.15) is 25.7 Å². The van der Waals surface area contributed by atoms with Crippen LogP contribution in [0.3, 0.4) is 0 Å². The lowest BCUT2D eigenvalue weighted by molar-refractivity contribution is -0.133. The fourth-order valence-corrected chi connectivity index (χ4v) is 2.22. The molecule has 1 heterocycles. The summed E-state index contributed by atoms with van der Waals surface area (Å²) in [6.07, 6.45) is 4.52. The molecule has 0 spiro atoms. The van der Waals surface area contributed by atoms with E-state index in [-0.39, 0.29) is 0 Å². The van der Waals surface area contributed by atoms with Crippen LogP contribution in [0.2, 0.25) is 0 Å². The molecule has 0 bridgehead atoms. The number of nitrogens with two attached hydrogens (primary N) is 1. The Morgan fingerprint density at radius 1 is 1.40 bits per heavy atom. The van der Waals surface area contributed by atoms with Gasteiger partial charge >= 0.3 is 0 Å². The van der Waals surface area contributed by atoms with Gasteiger partial charge in [0, 0.05) is 38.1 Å². The van der Waals surface area contributed by atoms with Crippen molar-refractivity contribution in [2.24, 2.45) is 11.7 Å². The molecule has 1 atom stereocenters. The molecule has 4 nitrogen and oxygen atoms in total. The van der Waals surface area contributed by atoms with E-state index in [2.05, 4.69) is 5.32 Å². The standard InChI is InChI=1S/C11H21N3O/c12-5-6-13-10-2-1-7-14(8-10)11(15)9-3-4-9/h9-10,13H,1-8,12H2. The number of hydrogen-bond acceptors (Lipinski definition) is 3. The third-order valence-corrected chi connectivity index (χ3v) is 3.24. The molecule has 1 aliphatic heterocycles. The first-order valence-corrected chi connectivity index (χ1v) is 6.03. The first-order valence-electron chi connectivity index (χ1n) is 6.03. The van der Waals surface area contributed by atoms with E-state index in [1.54, 1.807) is 0 Å². The Morgan fingerprint density at radius 3 is 2.87 bits per heavy atom. The molecule has 86 valence electrons. The monoisotopic (exact) mass is 211 g/mol. The fourth-order valence-electron chi connectivity index (χ4n) is 2.22. The normalized spacial score (nSPS) is 26.7. The summed E-state index contributed by atoms with van der Waals surface area (Å²) in [6.45, 7) is 3.37. The third-order valence-electron chi connectivity index (χ3n) is 3.24. The molecule has 2 rings (SSSR count). The zero-order valence-corrected chi connectivity index (χ0v) is 9.24. The molecular weight excluding hydrogens is 190 g/mol. The SMILES string of the molecule is NCCNC1CCCN(C(=O)C2CC2)C1. The highest BCUT2D eigenvalue weighted by molar-refractivity contribution is 5.81. The zero-order chi connectivity index (χ0) is 10.7. The topological polar surface area (TPSA) is 58.4 Å². The summed E-state index contributed by atoms with van der Waals surface area (Å²) in [4.78, 5) is 13.9. The first-order chi connectivity index (χ1) is 7.31. The van der Waals surface area contributed by atoms with Crippen molar-refractivity contribution >= 4 is 5.91 Å². The quantitative estimate of drug-likeness (QED) is 0.684. The summed E-state index contributed by atoms with van der Waals surface area (Å²) < 4.78 is 0. The highest BCUT2D eigenvalue weighted by Crippen LogP contribution is 2.31. The molecule has 1 aliphatic carbocycles. The Kier molecular flexibility index (Phi) is 3.59. The van der Waals surface area contributed by atoms with E-state index in [9.17, 15) is 4.79 Å². The molecule has 4 heteroatoms. The van der Waals surface area contributed by atoms with Crippen molar-refractivity contribution in [3.05, 3.63) is 0 Å². The minimum Gasteiger partial charge on any atom is -0.341 e. The summed E-state index contributed by atoms with van der Waals surface area (Å²) in [5, 5.41) is 3.40. The van der Waals surface area contributed by atoms with Crippen molar-refractivity contribution < 1.29 is 4.79 Å². The van der Waals surface area contributed by atoms with E-state index in [1.807, 2.05) is 4.90 Å². The maximum absolute atomic E-state index is 11.9. The molecule has 1 saturated carbocycles. The van der Waals surface area contributed by atoms with Crippen LogP contribution < -0.4 is 11.1 Å². The van der Waals surface area contributed by atoms with Crippen LogP contribution in [-0.4, -0.2) is 43.0 Å². The van der Waals surface area contributed by atoms with Gasteiger partial charge in [0.05, 0.1) is 0 Å². The molecule has 0 aromatic rings. The minimum absolute atomic E-state index is 0.359. The van der Waals surface area contributed by atoms with Crippen molar-refractivity contribution in [3.8, 4) is 0 Å². The largest absolute Gasteiger partial charge is 0.341 e. The average molecular weight is 211 g/mol. The smallest absolute Gasteiger partial charge is 0.225 e. The van der Waals surface area contributed by atoms with Crippen molar-refractivity contribution in [1.82, 2.24) is 10.2 Å². The van der Waals surface area contributed by atoms with Crippen molar-refractivity contribution in [3.63, 3.8) is 0 Å². The van der Waals surface area contributed by atoms with Crippen LogP contribution in [0.25, 0.3) is 0 Å². The van der Waals surface area contributed by atoms with Crippen molar-refractivity contribution in [1.29, 1.82) is 0 Å². The maximum Gasteiger partial charge on any atom is 0.225 e. The molecule has 0 aromatic heterocycles. The van der Waals surface area contributed by atoms with Crippen molar-refractivity contribution in [2.75, 3.05) is 26.2 Å². The van der Waals surface area contributed by atoms with E-state index < -0.39 is 0 Å². The lowest BCUT2D eigenvalue weighted by Crippen LogP contribution is -2.49. The Bertz CT molecular complexity index is 228. The summed E-state index contributed by atoms with van der Waals surface area (Å²) in [5.74, 6) is 0.743. The number of carbonyl (C=O) groups is 1. The predicted octanol–water partition coefficient (Wildman–Crippen LogP) is -0.0643. The molecule has 1 amide bonds. The van der Waals surface area contributed by atoms with Gasteiger partial charge in [-0.05, 0) is 25.7 Å². The van der Waals surface area contributed by atoms with Gasteiger partial charge < -0.3 is 16.0 Å². The van der Waals surface area contributed by atoms with Crippen molar-refractivity contribution in [2.45, 2.75) is 31.7 Å². The average Bonchev–Trinajstić information content (AvgIpc) is 3.09. The highest BCUT2D eigenvalue weighted by atomic mass is 16.2. The molecule has 0 aromatic carbocycles. The van der Waals surface area contributed by atoms with Crippen LogP contribution in [0.5, 0.6) is 0 Å². The number of hydrogen-bond donors (Lipinski definition) is 2. The number of amides is 1. The Hall–Kier alpha value is -0.610.